The summed E-state index contributed by atoms with van der Waals surface area (Å²) in [5, 5.41) is 7.22. The molecule has 1 aliphatic rings. The minimum absolute atomic E-state index is 0.0790. The highest BCUT2D eigenvalue weighted by Crippen LogP contribution is 2.13. The summed E-state index contributed by atoms with van der Waals surface area (Å²) in [6.45, 7) is 4.25. The van der Waals surface area contributed by atoms with Crippen LogP contribution >= 0.6 is 23.1 Å². The number of hydrogen-bond acceptors (Lipinski definition) is 6. The molecule has 0 aromatic carbocycles. The van der Waals surface area contributed by atoms with E-state index < -0.39 is 10.0 Å². The zero-order chi connectivity index (χ0) is 17.4. The lowest BCUT2D eigenvalue weighted by Gasteiger charge is -2.25. The SMILES string of the molecule is CCc1cnc(CNC(=NC)NCCS(=O)(=O)N2CCSCC2)s1. The number of thiazole rings is 1. The van der Waals surface area contributed by atoms with Gasteiger partial charge in [-0.1, -0.05) is 6.92 Å². The smallest absolute Gasteiger partial charge is 0.215 e. The lowest BCUT2D eigenvalue weighted by Crippen LogP contribution is -2.44. The number of nitrogens with one attached hydrogen (secondary N) is 2. The molecule has 0 saturated carbocycles. The molecule has 2 N–H and O–H groups in total. The molecule has 0 atom stereocenters. The van der Waals surface area contributed by atoms with Gasteiger partial charge < -0.3 is 10.6 Å². The molecule has 0 aliphatic carbocycles. The van der Waals surface area contributed by atoms with Gasteiger partial charge in [0.05, 0.1) is 12.3 Å². The first-order valence-electron chi connectivity index (χ1n) is 7.99. The van der Waals surface area contributed by atoms with Crippen molar-refractivity contribution in [2.45, 2.75) is 19.9 Å². The number of aryl methyl sites for hydroxylation is 1. The number of sulfonamides is 1. The molecular weight excluding hydrogens is 366 g/mol. The minimum atomic E-state index is -3.19. The molecule has 1 aromatic rings. The van der Waals surface area contributed by atoms with Crippen molar-refractivity contribution in [2.24, 2.45) is 4.99 Å². The van der Waals surface area contributed by atoms with E-state index in [2.05, 4.69) is 27.5 Å². The van der Waals surface area contributed by atoms with Crippen LogP contribution in [0.4, 0.5) is 0 Å². The van der Waals surface area contributed by atoms with Crippen LogP contribution in [-0.2, 0) is 23.0 Å². The first-order chi connectivity index (χ1) is 11.5. The van der Waals surface area contributed by atoms with Crippen LogP contribution in [0.1, 0.15) is 16.8 Å². The molecule has 1 fully saturated rings. The predicted molar refractivity (Wildman–Crippen MR) is 102 cm³/mol. The quantitative estimate of drug-likeness (QED) is 0.527. The fraction of sp³-hybridized carbons (Fsp3) is 0.714. The van der Waals surface area contributed by atoms with Crippen molar-refractivity contribution >= 4 is 39.1 Å². The summed E-state index contributed by atoms with van der Waals surface area (Å²) in [4.78, 5) is 9.71. The number of nitrogens with zero attached hydrogens (tertiary/aromatic N) is 3. The van der Waals surface area contributed by atoms with E-state index in [1.807, 2.05) is 6.20 Å². The van der Waals surface area contributed by atoms with Crippen LogP contribution < -0.4 is 10.6 Å². The molecule has 7 nitrogen and oxygen atoms in total. The van der Waals surface area contributed by atoms with Crippen molar-refractivity contribution in [2.75, 3.05) is 43.9 Å². The molecule has 0 bridgehead atoms. The maximum Gasteiger partial charge on any atom is 0.215 e. The van der Waals surface area contributed by atoms with E-state index in [-0.39, 0.29) is 5.75 Å². The fourth-order valence-electron chi connectivity index (χ4n) is 2.23. The molecule has 0 unspecified atom stereocenters. The molecule has 1 saturated heterocycles. The number of guanidine groups is 1. The fourth-order valence-corrected chi connectivity index (χ4v) is 5.52. The second kappa shape index (κ2) is 9.59. The molecule has 2 heterocycles. The Morgan fingerprint density at radius 1 is 1.38 bits per heavy atom. The van der Waals surface area contributed by atoms with Gasteiger partial charge in [0.15, 0.2) is 5.96 Å². The third kappa shape index (κ3) is 5.91. The summed E-state index contributed by atoms with van der Waals surface area (Å²) in [7, 11) is -1.52. The summed E-state index contributed by atoms with van der Waals surface area (Å²) < 4.78 is 26.1. The highest BCUT2D eigenvalue weighted by Gasteiger charge is 2.23. The van der Waals surface area contributed by atoms with Gasteiger partial charge in [-0.15, -0.1) is 11.3 Å². The largest absolute Gasteiger partial charge is 0.355 e. The molecule has 1 aromatic heterocycles. The van der Waals surface area contributed by atoms with E-state index in [0.717, 1.165) is 22.9 Å². The van der Waals surface area contributed by atoms with Crippen LogP contribution in [0.15, 0.2) is 11.2 Å². The highest BCUT2D eigenvalue weighted by molar-refractivity contribution is 7.99. The monoisotopic (exact) mass is 391 g/mol. The molecule has 0 spiro atoms. The van der Waals surface area contributed by atoms with E-state index in [1.165, 1.54) is 4.88 Å². The molecule has 24 heavy (non-hydrogen) atoms. The van der Waals surface area contributed by atoms with Gasteiger partial charge in [0.25, 0.3) is 0 Å². The molecular formula is C14H25N5O2S3. The standard InChI is InChI=1S/C14H25N5O2S3/c1-3-12-10-17-13(23-12)11-18-14(15-2)16-4-9-24(20,21)19-5-7-22-8-6-19/h10H,3-9,11H2,1-2H3,(H2,15,16,18). The van der Waals surface area contributed by atoms with Crippen molar-refractivity contribution in [3.63, 3.8) is 0 Å². The lowest BCUT2D eigenvalue weighted by atomic mass is 10.4. The van der Waals surface area contributed by atoms with E-state index in [4.69, 9.17) is 0 Å². The Kier molecular flexibility index (Phi) is 7.79. The van der Waals surface area contributed by atoms with Crippen LogP contribution in [-0.4, -0.2) is 67.6 Å². The average Bonchev–Trinajstić information content (AvgIpc) is 3.06. The molecule has 0 amide bonds. The lowest BCUT2D eigenvalue weighted by molar-refractivity contribution is 0.443. The average molecular weight is 392 g/mol. The van der Waals surface area contributed by atoms with Crippen LogP contribution in [0.2, 0.25) is 0 Å². The Hall–Kier alpha value is -0.840. The van der Waals surface area contributed by atoms with Gasteiger partial charge in [-0.05, 0) is 6.42 Å². The summed E-state index contributed by atoms with van der Waals surface area (Å²) in [5.74, 6) is 2.43. The summed E-state index contributed by atoms with van der Waals surface area (Å²) in [5.41, 5.74) is 0. The van der Waals surface area contributed by atoms with Gasteiger partial charge in [-0.2, -0.15) is 11.8 Å². The highest BCUT2D eigenvalue weighted by atomic mass is 32.2. The maximum atomic E-state index is 12.3. The minimum Gasteiger partial charge on any atom is -0.355 e. The topological polar surface area (TPSA) is 86.7 Å². The zero-order valence-electron chi connectivity index (χ0n) is 14.1. The van der Waals surface area contributed by atoms with E-state index in [9.17, 15) is 8.42 Å². The number of hydrogen-bond donors (Lipinski definition) is 2. The van der Waals surface area contributed by atoms with E-state index in [1.54, 1.807) is 34.5 Å². The molecule has 0 radical (unpaired) electrons. The van der Waals surface area contributed by atoms with E-state index in [0.29, 0.717) is 32.1 Å². The Bertz CT molecular complexity index is 639. The first kappa shape index (κ1) is 19.5. The Morgan fingerprint density at radius 2 is 2.12 bits per heavy atom. The van der Waals surface area contributed by atoms with Crippen molar-refractivity contribution in [1.82, 2.24) is 19.9 Å². The van der Waals surface area contributed by atoms with Crippen LogP contribution in [0.5, 0.6) is 0 Å². The predicted octanol–water partition coefficient (Wildman–Crippen LogP) is 0.749. The van der Waals surface area contributed by atoms with Gasteiger partial charge in [0.1, 0.15) is 5.01 Å². The summed E-state index contributed by atoms with van der Waals surface area (Å²) in [6, 6.07) is 0. The summed E-state index contributed by atoms with van der Waals surface area (Å²) in [6.07, 6.45) is 2.87. The van der Waals surface area contributed by atoms with Crippen molar-refractivity contribution in [1.29, 1.82) is 0 Å². The van der Waals surface area contributed by atoms with Crippen molar-refractivity contribution in [3.05, 3.63) is 16.1 Å². The molecule has 10 heteroatoms. The van der Waals surface area contributed by atoms with Gasteiger partial charge in [0.2, 0.25) is 10.0 Å². The number of aliphatic imine (C=N–C) groups is 1. The number of rotatable bonds is 7. The Balaban J connectivity index is 1.74. The van der Waals surface area contributed by atoms with E-state index >= 15 is 0 Å². The van der Waals surface area contributed by atoms with Crippen molar-refractivity contribution in [3.8, 4) is 0 Å². The van der Waals surface area contributed by atoms with Crippen LogP contribution in [0, 0.1) is 0 Å². The second-order valence-corrected chi connectivity index (χ2v) is 9.77. The molecule has 136 valence electrons. The Labute approximate surface area is 152 Å². The number of thioether (sulfide) groups is 1. The summed E-state index contributed by atoms with van der Waals surface area (Å²) >= 11 is 3.47. The van der Waals surface area contributed by atoms with Gasteiger partial charge in [-0.3, -0.25) is 4.99 Å². The molecule has 2 rings (SSSR count). The maximum absolute atomic E-state index is 12.3. The van der Waals surface area contributed by atoms with Crippen LogP contribution in [0.3, 0.4) is 0 Å². The third-order valence-corrected chi connectivity index (χ3v) is 7.55. The normalized spacial score (nSPS) is 17.0. The van der Waals surface area contributed by atoms with Gasteiger partial charge in [-0.25, -0.2) is 17.7 Å². The molecule has 1 aliphatic heterocycles. The number of aromatic nitrogens is 1. The van der Waals surface area contributed by atoms with Crippen molar-refractivity contribution < 1.29 is 8.42 Å². The van der Waals surface area contributed by atoms with Crippen LogP contribution in [0.25, 0.3) is 0 Å². The van der Waals surface area contributed by atoms with Gasteiger partial charge >= 0.3 is 0 Å². The first-order valence-corrected chi connectivity index (χ1v) is 11.6. The zero-order valence-corrected chi connectivity index (χ0v) is 16.6. The Morgan fingerprint density at radius 3 is 2.75 bits per heavy atom. The van der Waals surface area contributed by atoms with Gasteiger partial charge in [0, 0.05) is 49.3 Å². The second-order valence-electron chi connectivity index (χ2n) is 5.25. The third-order valence-electron chi connectivity index (χ3n) is 3.60.